The van der Waals surface area contributed by atoms with Crippen LogP contribution in [0.2, 0.25) is 0 Å². The number of aromatic amines is 1. The second-order valence-electron chi connectivity index (χ2n) is 19.6. The fourth-order valence-electron chi connectivity index (χ4n) is 11.9. The van der Waals surface area contributed by atoms with Crippen molar-refractivity contribution in [3.63, 3.8) is 0 Å². The van der Waals surface area contributed by atoms with Gasteiger partial charge < -0.3 is 9.55 Å². The van der Waals surface area contributed by atoms with Crippen LogP contribution in [0.3, 0.4) is 0 Å². The summed E-state index contributed by atoms with van der Waals surface area (Å²) in [5.74, 6) is 0. The Kier molecular flexibility index (Phi) is 10.8. The quantitative estimate of drug-likeness (QED) is 0.169. The molecule has 0 atom stereocenters. The standard InChI is InChI=1S/C36H23N.C30H19N.C7H8/c1-2-12-24(13-3-1)37-35-21-11-10-20-31(35)34-22-32-29-18-8-6-16-27(29)25-14-4-5-15-26(25)28-17-7-9-19-30(28)33(32)23-36(34)37;1-2-10-20-19(9-1)21-11-3-5-13-23(21)26-17-28-25-15-7-8-16-29(25)31-30(28)18-27(26)24-14-6-4-12-22(20)24;1-7-5-3-2-4-6-7/h1-23H;1-18,31H;2-6H,1H3. The summed E-state index contributed by atoms with van der Waals surface area (Å²) in [5.41, 5.74) is 27.8. The number of nitrogens with one attached hydrogen (secondary N) is 1. The molecule has 0 aliphatic heterocycles. The first kappa shape index (κ1) is 44.0. The van der Waals surface area contributed by atoms with Crippen LogP contribution in [0.5, 0.6) is 0 Å². The fourth-order valence-corrected chi connectivity index (χ4v) is 11.9. The number of para-hydroxylation sites is 3. The van der Waals surface area contributed by atoms with E-state index in [0.717, 1.165) is 0 Å². The van der Waals surface area contributed by atoms with Crippen LogP contribution in [0.4, 0.5) is 0 Å². The third-order valence-electron chi connectivity index (χ3n) is 15.3. The van der Waals surface area contributed by atoms with E-state index in [0.29, 0.717) is 0 Å². The fraction of sp³-hybridized carbons (Fsp3) is 0.0137. The van der Waals surface area contributed by atoms with E-state index >= 15 is 0 Å². The van der Waals surface area contributed by atoms with Crippen LogP contribution in [0.1, 0.15) is 5.56 Å². The molecule has 0 amide bonds. The van der Waals surface area contributed by atoms with E-state index in [-0.39, 0.29) is 0 Å². The molecular formula is C73H50N2. The van der Waals surface area contributed by atoms with Crippen molar-refractivity contribution in [3.05, 3.63) is 285 Å². The lowest BCUT2D eigenvalue weighted by Crippen LogP contribution is -1.98. The SMILES string of the molecule is Cc1ccccc1.c1ccc(-n2c3ccccc3c3cc4c(cc32)-c2ccccc2-c2ccccc2-c2ccccc2-4)cc1.c1ccc2c(c1)-c1ccccc1-c1cc3[nH]c4ccccc4c3cc1-c1ccccc1-2. The van der Waals surface area contributed by atoms with Crippen LogP contribution < -0.4 is 0 Å². The molecule has 14 aromatic rings. The molecule has 75 heavy (non-hydrogen) atoms. The van der Waals surface area contributed by atoms with Crippen molar-refractivity contribution in [2.24, 2.45) is 0 Å². The van der Waals surface area contributed by atoms with Crippen molar-refractivity contribution in [2.75, 3.05) is 0 Å². The summed E-state index contributed by atoms with van der Waals surface area (Å²) < 4.78 is 2.41. The van der Waals surface area contributed by atoms with Crippen molar-refractivity contribution in [1.82, 2.24) is 9.55 Å². The predicted molar refractivity (Wildman–Crippen MR) is 318 cm³/mol. The molecule has 352 valence electrons. The first-order chi connectivity index (χ1) is 37.2. The van der Waals surface area contributed by atoms with Gasteiger partial charge in [0, 0.05) is 38.3 Å². The van der Waals surface area contributed by atoms with E-state index in [1.165, 1.54) is 144 Å². The number of aryl methyl sites for hydroxylation is 1. The van der Waals surface area contributed by atoms with Gasteiger partial charge in [-0.2, -0.15) is 0 Å². The number of benzene rings is 12. The Morgan fingerprint density at radius 2 is 0.560 bits per heavy atom. The molecule has 0 bridgehead atoms. The number of nitrogens with zero attached hydrogens (tertiary/aromatic N) is 1. The van der Waals surface area contributed by atoms with E-state index in [1.54, 1.807) is 0 Å². The van der Waals surface area contributed by atoms with Crippen LogP contribution >= 0.6 is 0 Å². The Labute approximate surface area is 437 Å². The first-order valence-corrected chi connectivity index (χ1v) is 25.9. The maximum Gasteiger partial charge on any atom is 0.0547 e. The molecule has 0 fully saturated rings. The van der Waals surface area contributed by atoms with Gasteiger partial charge in [-0.3, -0.25) is 0 Å². The van der Waals surface area contributed by atoms with Gasteiger partial charge in [0.15, 0.2) is 0 Å². The van der Waals surface area contributed by atoms with E-state index in [1.807, 2.05) is 18.2 Å². The molecule has 1 N–H and O–H groups in total. The van der Waals surface area contributed by atoms with E-state index in [4.69, 9.17) is 0 Å². The maximum atomic E-state index is 3.64. The van der Waals surface area contributed by atoms with Crippen molar-refractivity contribution >= 4 is 43.6 Å². The normalized spacial score (nSPS) is 11.5. The number of aromatic nitrogens is 2. The van der Waals surface area contributed by atoms with E-state index in [9.17, 15) is 0 Å². The van der Waals surface area contributed by atoms with Crippen LogP contribution in [-0.4, -0.2) is 9.55 Å². The van der Waals surface area contributed by atoms with Crippen LogP contribution in [0.15, 0.2) is 279 Å². The summed E-state index contributed by atoms with van der Waals surface area (Å²) in [4.78, 5) is 3.64. The van der Waals surface area contributed by atoms with E-state index in [2.05, 4.69) is 277 Å². The number of rotatable bonds is 1. The Morgan fingerprint density at radius 3 is 1.00 bits per heavy atom. The Hall–Kier alpha value is -9.76. The minimum atomic E-state index is 1.18. The summed E-state index contributed by atoms with van der Waals surface area (Å²) >= 11 is 0. The Morgan fingerprint density at radius 1 is 0.227 bits per heavy atom. The van der Waals surface area contributed by atoms with Gasteiger partial charge in [0.25, 0.3) is 0 Å². The Balaban J connectivity index is 0.000000123. The zero-order chi connectivity index (χ0) is 49.8. The number of H-pyrrole nitrogens is 1. The minimum absolute atomic E-state index is 1.18. The van der Waals surface area contributed by atoms with Crippen molar-refractivity contribution in [2.45, 2.75) is 6.92 Å². The predicted octanol–water partition coefficient (Wildman–Crippen LogP) is 20.1. The highest BCUT2D eigenvalue weighted by molar-refractivity contribution is 6.16. The zero-order valence-electron chi connectivity index (χ0n) is 41.5. The number of hydrogen-bond donors (Lipinski definition) is 1. The van der Waals surface area contributed by atoms with Gasteiger partial charge in [0.05, 0.1) is 11.0 Å². The monoisotopic (exact) mass is 954 g/mol. The molecule has 16 rings (SSSR count). The van der Waals surface area contributed by atoms with Crippen LogP contribution in [0, 0.1) is 6.92 Å². The molecule has 2 aliphatic rings. The number of hydrogen-bond acceptors (Lipinski definition) is 0. The highest BCUT2D eigenvalue weighted by Gasteiger charge is 2.25. The van der Waals surface area contributed by atoms with Crippen molar-refractivity contribution < 1.29 is 0 Å². The minimum Gasteiger partial charge on any atom is -0.354 e. The molecule has 2 aliphatic carbocycles. The second kappa shape index (κ2) is 18.4. The second-order valence-corrected chi connectivity index (χ2v) is 19.6. The average molecular weight is 955 g/mol. The Bertz CT molecular complexity index is 4480. The molecule has 2 heterocycles. The lowest BCUT2D eigenvalue weighted by Gasteiger charge is -2.23. The molecule has 0 saturated heterocycles. The summed E-state index contributed by atoms with van der Waals surface area (Å²) in [5, 5.41) is 5.10. The molecule has 0 spiro atoms. The van der Waals surface area contributed by atoms with Gasteiger partial charge in [-0.15, -0.1) is 0 Å². The lowest BCUT2D eigenvalue weighted by atomic mass is 9.80. The molecule has 2 heteroatoms. The first-order valence-electron chi connectivity index (χ1n) is 25.9. The maximum absolute atomic E-state index is 3.64. The van der Waals surface area contributed by atoms with E-state index < -0.39 is 0 Å². The molecule has 12 aromatic carbocycles. The van der Waals surface area contributed by atoms with Gasteiger partial charge in [-0.1, -0.05) is 236 Å². The van der Waals surface area contributed by atoms with Crippen molar-refractivity contribution in [1.29, 1.82) is 0 Å². The third-order valence-corrected chi connectivity index (χ3v) is 15.3. The summed E-state index contributed by atoms with van der Waals surface area (Å²) in [6.45, 7) is 2.08. The molecular weight excluding hydrogens is 905 g/mol. The largest absolute Gasteiger partial charge is 0.354 e. The highest BCUT2D eigenvalue weighted by atomic mass is 15.0. The zero-order valence-corrected chi connectivity index (χ0v) is 41.5. The van der Waals surface area contributed by atoms with Gasteiger partial charge in [-0.05, 0) is 144 Å². The highest BCUT2D eigenvalue weighted by Crippen LogP contribution is 2.51. The van der Waals surface area contributed by atoms with Crippen LogP contribution in [-0.2, 0) is 0 Å². The molecule has 2 nitrogen and oxygen atoms in total. The molecule has 2 aromatic heterocycles. The van der Waals surface area contributed by atoms with Crippen molar-refractivity contribution in [3.8, 4) is 94.7 Å². The third kappa shape index (κ3) is 7.49. The van der Waals surface area contributed by atoms with Gasteiger partial charge >= 0.3 is 0 Å². The smallest absolute Gasteiger partial charge is 0.0547 e. The van der Waals surface area contributed by atoms with Gasteiger partial charge in [0.1, 0.15) is 0 Å². The molecule has 0 radical (unpaired) electrons. The molecule has 0 saturated carbocycles. The summed E-state index contributed by atoms with van der Waals surface area (Å²) in [7, 11) is 0. The summed E-state index contributed by atoms with van der Waals surface area (Å²) in [6, 6.07) is 101. The van der Waals surface area contributed by atoms with Gasteiger partial charge in [0.2, 0.25) is 0 Å². The lowest BCUT2D eigenvalue weighted by molar-refractivity contribution is 1.18. The average Bonchev–Trinajstić information content (AvgIpc) is 4.04. The van der Waals surface area contributed by atoms with Crippen LogP contribution in [0.25, 0.3) is 138 Å². The summed E-state index contributed by atoms with van der Waals surface area (Å²) in [6.07, 6.45) is 0. The van der Waals surface area contributed by atoms with Gasteiger partial charge in [-0.25, -0.2) is 0 Å². The topological polar surface area (TPSA) is 20.7 Å². The molecule has 0 unspecified atom stereocenters. The number of fused-ring (bicyclic) bond motifs is 22.